The van der Waals surface area contributed by atoms with Crippen molar-refractivity contribution in [3.05, 3.63) is 47.5 Å². The van der Waals surface area contributed by atoms with Gasteiger partial charge < -0.3 is 25.8 Å². The molecule has 0 spiro atoms. The normalized spacial score (nSPS) is 24.0. The van der Waals surface area contributed by atoms with Crippen LogP contribution in [0.4, 0.5) is 10.1 Å². The summed E-state index contributed by atoms with van der Waals surface area (Å²) in [6, 6.07) is 4.61. The molecule has 2 aliphatic carbocycles. The average molecular weight is 680 g/mol. The van der Waals surface area contributed by atoms with E-state index in [1.54, 1.807) is 27.9 Å². The van der Waals surface area contributed by atoms with Gasteiger partial charge in [-0.1, -0.05) is 39.7 Å². The molecule has 1 saturated heterocycles. The van der Waals surface area contributed by atoms with Crippen molar-refractivity contribution in [2.75, 3.05) is 32.0 Å². The van der Waals surface area contributed by atoms with Crippen molar-refractivity contribution in [1.82, 2.24) is 30.2 Å². The summed E-state index contributed by atoms with van der Waals surface area (Å²) in [7, 11) is 2.03. The van der Waals surface area contributed by atoms with E-state index in [2.05, 4.69) is 39.8 Å². The Labute approximate surface area is 289 Å². The molecule has 3 N–H and O–H groups in total. The summed E-state index contributed by atoms with van der Waals surface area (Å²) >= 11 is 0. The van der Waals surface area contributed by atoms with Gasteiger partial charge in [0, 0.05) is 50.3 Å². The molecule has 4 amide bonds. The van der Waals surface area contributed by atoms with Crippen molar-refractivity contribution in [2.45, 2.75) is 104 Å². The quantitative estimate of drug-likeness (QED) is 0.305. The lowest BCUT2D eigenvalue weighted by molar-refractivity contribution is -0.140. The zero-order valence-electron chi connectivity index (χ0n) is 29.9. The number of nitrogens with one attached hydrogen (secondary N) is 3. The fourth-order valence-electron chi connectivity index (χ4n) is 7.27. The molecule has 2 heterocycles. The second kappa shape index (κ2) is 15.8. The molecule has 1 aromatic carbocycles. The molecule has 1 aromatic heterocycles. The van der Waals surface area contributed by atoms with Crippen LogP contribution in [0.2, 0.25) is 0 Å². The third-order valence-electron chi connectivity index (χ3n) is 11.2. The number of carbonyl (C=O) groups excluding carboxylic acids is 4. The number of piperazine rings is 1. The molecule has 1 aliphatic heterocycles. The van der Waals surface area contributed by atoms with Crippen LogP contribution in [0.3, 0.4) is 0 Å². The molecule has 2 aromatic rings. The van der Waals surface area contributed by atoms with Crippen molar-refractivity contribution in [3.8, 4) is 0 Å². The molecule has 5 atom stereocenters. The van der Waals surface area contributed by atoms with Gasteiger partial charge in [-0.25, -0.2) is 4.39 Å². The Balaban J connectivity index is 1.33. The second-order valence-corrected chi connectivity index (χ2v) is 14.7. The highest BCUT2D eigenvalue weighted by atomic mass is 19.1. The van der Waals surface area contributed by atoms with Crippen LogP contribution in [-0.2, 0) is 20.9 Å². The van der Waals surface area contributed by atoms with E-state index in [0.717, 1.165) is 45.1 Å². The fourth-order valence-corrected chi connectivity index (χ4v) is 7.27. The maximum absolute atomic E-state index is 15.8. The summed E-state index contributed by atoms with van der Waals surface area (Å²) < 4.78 is 17.4. The summed E-state index contributed by atoms with van der Waals surface area (Å²) in [5, 5.41) is 12.9. The van der Waals surface area contributed by atoms with Gasteiger partial charge >= 0.3 is 0 Å². The van der Waals surface area contributed by atoms with Crippen LogP contribution < -0.4 is 16.0 Å². The van der Waals surface area contributed by atoms with Crippen LogP contribution in [0.25, 0.3) is 0 Å². The first-order valence-electron chi connectivity index (χ1n) is 18.1. The maximum atomic E-state index is 15.8. The monoisotopic (exact) mass is 679 g/mol. The molecule has 268 valence electrons. The van der Waals surface area contributed by atoms with E-state index in [9.17, 15) is 19.2 Å². The standard InChI is InChI=1S/C37H54FN7O4/c1-7-45-31(16-17-39-45)35(47)42-33(27-10-8-22(2)9-11-27)36(48)40-30-15-14-28(20-29(30)38)24(4)32(41-34(46)25(5)26-12-13-26)37(49)44-19-18-43(6)23(3)21-44/h14-17,20,22-27,32-33H,7-13,18-19,21H2,1-6H3,(H,40,48)(H,41,46)(H,42,47)/t22-,23-,24+,25?,27-,32-,33+/m1/s1. The highest BCUT2D eigenvalue weighted by Crippen LogP contribution is 2.37. The summed E-state index contributed by atoms with van der Waals surface area (Å²) in [6.45, 7) is 12.2. The Morgan fingerprint density at radius 3 is 2.27 bits per heavy atom. The van der Waals surface area contributed by atoms with Crippen molar-refractivity contribution in [2.24, 2.45) is 23.7 Å². The third-order valence-corrected chi connectivity index (χ3v) is 11.2. The highest BCUT2D eigenvalue weighted by Gasteiger charge is 2.39. The predicted molar refractivity (Wildman–Crippen MR) is 186 cm³/mol. The van der Waals surface area contributed by atoms with Crippen molar-refractivity contribution in [3.63, 3.8) is 0 Å². The first-order valence-corrected chi connectivity index (χ1v) is 18.1. The molecule has 49 heavy (non-hydrogen) atoms. The zero-order chi connectivity index (χ0) is 35.4. The Bertz CT molecular complexity index is 1500. The van der Waals surface area contributed by atoms with Gasteiger partial charge in [-0.05, 0) is 88.1 Å². The molecule has 3 fully saturated rings. The molecule has 11 nitrogen and oxygen atoms in total. The van der Waals surface area contributed by atoms with Crippen molar-refractivity contribution in [1.29, 1.82) is 0 Å². The van der Waals surface area contributed by atoms with Gasteiger partial charge in [0.15, 0.2) is 0 Å². The summed E-state index contributed by atoms with van der Waals surface area (Å²) in [6.07, 6.45) is 7.00. The van der Waals surface area contributed by atoms with Crippen LogP contribution in [0.5, 0.6) is 0 Å². The number of benzene rings is 1. The van der Waals surface area contributed by atoms with Crippen LogP contribution in [0.1, 0.15) is 95.1 Å². The molecule has 12 heteroatoms. The SMILES string of the molecule is CCn1nccc1C(=O)N[C@H](C(=O)Nc1ccc([C@H](C)[C@@H](NC(=O)C(C)C2CC2)C(=O)N2CCN(C)[C@H](C)C2)cc1F)[C@H]1CC[C@H](C)CC1. The van der Waals surface area contributed by atoms with Gasteiger partial charge in [0.25, 0.3) is 5.91 Å². The number of aryl methyl sites for hydroxylation is 1. The van der Waals surface area contributed by atoms with Crippen molar-refractivity contribution >= 4 is 29.3 Å². The number of hydrogen-bond acceptors (Lipinski definition) is 6. The van der Waals surface area contributed by atoms with Crippen LogP contribution in [0.15, 0.2) is 30.5 Å². The number of carbonyl (C=O) groups is 4. The number of hydrogen-bond donors (Lipinski definition) is 3. The number of amides is 4. The van der Waals surface area contributed by atoms with E-state index in [1.165, 1.54) is 12.1 Å². The number of nitrogens with zero attached hydrogens (tertiary/aromatic N) is 4. The van der Waals surface area contributed by atoms with Crippen LogP contribution >= 0.6 is 0 Å². The van der Waals surface area contributed by atoms with Crippen LogP contribution in [-0.4, -0.2) is 88.0 Å². The van der Waals surface area contributed by atoms with Gasteiger partial charge in [-0.15, -0.1) is 0 Å². The number of likely N-dealkylation sites (N-methyl/N-ethyl adjacent to an activating group) is 1. The lowest BCUT2D eigenvalue weighted by Gasteiger charge is -2.40. The van der Waals surface area contributed by atoms with E-state index < -0.39 is 35.6 Å². The van der Waals surface area contributed by atoms with Crippen molar-refractivity contribution < 1.29 is 23.6 Å². The van der Waals surface area contributed by atoms with E-state index in [1.807, 2.05) is 27.8 Å². The molecule has 0 bridgehead atoms. The summed E-state index contributed by atoms with van der Waals surface area (Å²) in [4.78, 5) is 58.3. The minimum absolute atomic E-state index is 0.00913. The topological polar surface area (TPSA) is 129 Å². The first-order chi connectivity index (χ1) is 23.4. The number of aromatic nitrogens is 2. The Kier molecular flexibility index (Phi) is 11.8. The van der Waals surface area contributed by atoms with Crippen LogP contribution in [0, 0.1) is 29.5 Å². The zero-order valence-corrected chi connectivity index (χ0v) is 29.9. The number of anilines is 1. The Hall–Kier alpha value is -3.80. The maximum Gasteiger partial charge on any atom is 0.270 e. The number of halogens is 1. The summed E-state index contributed by atoms with van der Waals surface area (Å²) in [5.74, 6) is -1.82. The largest absolute Gasteiger partial charge is 0.343 e. The Morgan fingerprint density at radius 1 is 0.939 bits per heavy atom. The van der Waals surface area contributed by atoms with Gasteiger partial charge in [0.1, 0.15) is 23.6 Å². The molecule has 1 unspecified atom stereocenters. The van der Waals surface area contributed by atoms with E-state index >= 15 is 4.39 Å². The minimum atomic E-state index is -0.867. The smallest absolute Gasteiger partial charge is 0.270 e. The van der Waals surface area contributed by atoms with Gasteiger partial charge in [0.05, 0.1) is 5.69 Å². The molecule has 3 aliphatic rings. The summed E-state index contributed by atoms with van der Waals surface area (Å²) in [5.41, 5.74) is 0.891. The predicted octanol–water partition coefficient (Wildman–Crippen LogP) is 4.40. The Morgan fingerprint density at radius 2 is 1.63 bits per heavy atom. The first kappa shape index (κ1) is 36.5. The van der Waals surface area contributed by atoms with E-state index in [0.29, 0.717) is 42.7 Å². The molecule has 5 rings (SSSR count). The average Bonchev–Trinajstić information content (AvgIpc) is 3.83. The lowest BCUT2D eigenvalue weighted by atomic mass is 9.79. The van der Waals surface area contributed by atoms with Gasteiger partial charge in [-0.2, -0.15) is 5.10 Å². The molecule has 2 saturated carbocycles. The van der Waals surface area contributed by atoms with Gasteiger partial charge in [-0.3, -0.25) is 23.9 Å². The third kappa shape index (κ3) is 8.69. The molecular formula is C37H54FN7O4. The number of rotatable bonds is 12. The second-order valence-electron chi connectivity index (χ2n) is 14.7. The highest BCUT2D eigenvalue weighted by molar-refractivity contribution is 6.00. The van der Waals surface area contributed by atoms with E-state index in [-0.39, 0.29) is 35.4 Å². The molecular weight excluding hydrogens is 625 g/mol. The van der Waals surface area contributed by atoms with E-state index in [4.69, 9.17) is 0 Å². The fraction of sp³-hybridized carbons (Fsp3) is 0.649. The van der Waals surface area contributed by atoms with Gasteiger partial charge in [0.2, 0.25) is 17.7 Å². The lowest BCUT2D eigenvalue weighted by Crippen LogP contribution is -2.58. The minimum Gasteiger partial charge on any atom is -0.343 e. The molecule has 0 radical (unpaired) electrons.